The maximum atomic E-state index is 12.3. The molecule has 0 radical (unpaired) electrons. The first-order chi connectivity index (χ1) is 10.2. The fraction of sp³-hybridized carbons (Fsp3) is 0.714. The van der Waals surface area contributed by atoms with E-state index >= 15 is 0 Å². The van der Waals surface area contributed by atoms with Crippen LogP contribution < -0.4 is 0 Å². The highest BCUT2D eigenvalue weighted by Gasteiger charge is 2.22. The second kappa shape index (κ2) is 6.78. The SMILES string of the molecule is Cc1cc(C)n(CC(=O)N2CCN(CCS(C)(=O)=O)CC2)n1. The van der Waals surface area contributed by atoms with E-state index < -0.39 is 9.84 Å². The Morgan fingerprint density at radius 2 is 1.86 bits per heavy atom. The number of carbonyl (C=O) groups excluding carboxylic acids is 1. The second-order valence-electron chi connectivity index (χ2n) is 5.94. The molecule has 2 heterocycles. The predicted octanol–water partition coefficient (Wildman–Crippen LogP) is -0.311. The van der Waals surface area contributed by atoms with Gasteiger partial charge in [-0.15, -0.1) is 0 Å². The zero-order chi connectivity index (χ0) is 16.3. The van der Waals surface area contributed by atoms with Crippen molar-refractivity contribution in [3.8, 4) is 0 Å². The summed E-state index contributed by atoms with van der Waals surface area (Å²) in [6.07, 6.45) is 1.25. The summed E-state index contributed by atoms with van der Waals surface area (Å²) < 4.78 is 24.1. The van der Waals surface area contributed by atoms with Crippen molar-refractivity contribution in [2.45, 2.75) is 20.4 Å². The topological polar surface area (TPSA) is 75.5 Å². The monoisotopic (exact) mass is 328 g/mol. The van der Waals surface area contributed by atoms with Gasteiger partial charge < -0.3 is 4.90 Å². The minimum atomic E-state index is -2.93. The van der Waals surface area contributed by atoms with Crippen LogP contribution in [0.15, 0.2) is 6.07 Å². The van der Waals surface area contributed by atoms with E-state index in [1.807, 2.05) is 24.8 Å². The molecule has 8 heteroatoms. The zero-order valence-electron chi connectivity index (χ0n) is 13.4. The normalized spacial score (nSPS) is 17.0. The molecule has 1 aromatic rings. The number of piperazine rings is 1. The van der Waals surface area contributed by atoms with Crippen molar-refractivity contribution in [1.82, 2.24) is 19.6 Å². The lowest BCUT2D eigenvalue weighted by molar-refractivity contribution is -0.133. The Labute approximate surface area is 131 Å². The van der Waals surface area contributed by atoms with Crippen LogP contribution in [0.4, 0.5) is 0 Å². The van der Waals surface area contributed by atoms with Crippen LogP contribution in [0.3, 0.4) is 0 Å². The van der Waals surface area contributed by atoms with Crippen molar-refractivity contribution in [1.29, 1.82) is 0 Å². The van der Waals surface area contributed by atoms with E-state index in [4.69, 9.17) is 0 Å². The Morgan fingerprint density at radius 3 is 2.36 bits per heavy atom. The van der Waals surface area contributed by atoms with Gasteiger partial charge in [0.05, 0.1) is 11.4 Å². The molecule has 1 saturated heterocycles. The standard InChI is InChI=1S/C14H24N4O3S/c1-12-10-13(2)18(15-12)11-14(19)17-6-4-16(5-7-17)8-9-22(3,20)21/h10H,4-9,11H2,1-3H3. The molecule has 7 nitrogen and oxygen atoms in total. The Hall–Kier alpha value is -1.41. The Bertz CT molecular complexity index is 631. The molecule has 0 saturated carbocycles. The highest BCUT2D eigenvalue weighted by molar-refractivity contribution is 7.90. The predicted molar refractivity (Wildman–Crippen MR) is 84.4 cm³/mol. The third-order valence-electron chi connectivity index (χ3n) is 3.89. The molecule has 2 rings (SSSR count). The van der Waals surface area contributed by atoms with Gasteiger partial charge in [-0.05, 0) is 19.9 Å². The Morgan fingerprint density at radius 1 is 1.23 bits per heavy atom. The van der Waals surface area contributed by atoms with Gasteiger partial charge in [0.2, 0.25) is 5.91 Å². The maximum Gasteiger partial charge on any atom is 0.244 e. The molecule has 1 aliphatic rings. The number of aryl methyl sites for hydroxylation is 2. The van der Waals surface area contributed by atoms with Crippen LogP contribution in [0.1, 0.15) is 11.4 Å². The molecular formula is C14H24N4O3S. The van der Waals surface area contributed by atoms with E-state index in [0.29, 0.717) is 19.6 Å². The van der Waals surface area contributed by atoms with E-state index in [1.54, 1.807) is 4.68 Å². The number of amides is 1. The number of hydrogen-bond acceptors (Lipinski definition) is 5. The van der Waals surface area contributed by atoms with Gasteiger partial charge in [0, 0.05) is 44.7 Å². The van der Waals surface area contributed by atoms with Crippen molar-refractivity contribution < 1.29 is 13.2 Å². The van der Waals surface area contributed by atoms with Crippen LogP contribution in [-0.2, 0) is 21.2 Å². The third-order valence-corrected chi connectivity index (χ3v) is 4.82. The Balaban J connectivity index is 1.81. The molecule has 1 aromatic heterocycles. The highest BCUT2D eigenvalue weighted by Crippen LogP contribution is 2.06. The van der Waals surface area contributed by atoms with Gasteiger partial charge in [-0.1, -0.05) is 0 Å². The second-order valence-corrected chi connectivity index (χ2v) is 8.20. The van der Waals surface area contributed by atoms with Crippen molar-refractivity contribution >= 4 is 15.7 Å². The first-order valence-electron chi connectivity index (χ1n) is 7.43. The van der Waals surface area contributed by atoms with Crippen molar-refractivity contribution in [3.63, 3.8) is 0 Å². The third kappa shape index (κ3) is 4.81. The zero-order valence-corrected chi connectivity index (χ0v) is 14.3. The first-order valence-corrected chi connectivity index (χ1v) is 9.49. The minimum absolute atomic E-state index is 0.0639. The van der Waals surface area contributed by atoms with Crippen LogP contribution >= 0.6 is 0 Å². The molecule has 0 spiro atoms. The summed E-state index contributed by atoms with van der Waals surface area (Å²) in [5.41, 5.74) is 1.90. The minimum Gasteiger partial charge on any atom is -0.339 e. The molecular weight excluding hydrogens is 304 g/mol. The summed E-state index contributed by atoms with van der Waals surface area (Å²) in [5.74, 6) is 0.237. The van der Waals surface area contributed by atoms with Crippen LogP contribution in [0.25, 0.3) is 0 Å². The number of aromatic nitrogens is 2. The lowest BCUT2D eigenvalue weighted by atomic mass is 10.3. The van der Waals surface area contributed by atoms with E-state index in [1.165, 1.54) is 6.26 Å². The van der Waals surface area contributed by atoms with Gasteiger partial charge in [0.1, 0.15) is 16.4 Å². The van der Waals surface area contributed by atoms with E-state index in [0.717, 1.165) is 24.5 Å². The molecule has 0 aromatic carbocycles. The van der Waals surface area contributed by atoms with Crippen molar-refractivity contribution in [3.05, 3.63) is 17.5 Å². The Kier molecular flexibility index (Phi) is 5.23. The average molecular weight is 328 g/mol. The molecule has 0 bridgehead atoms. The molecule has 0 aliphatic carbocycles. The van der Waals surface area contributed by atoms with Gasteiger partial charge >= 0.3 is 0 Å². The maximum absolute atomic E-state index is 12.3. The number of carbonyl (C=O) groups is 1. The summed E-state index contributed by atoms with van der Waals surface area (Å²) in [6, 6.07) is 1.95. The first kappa shape index (κ1) is 17.0. The molecule has 124 valence electrons. The fourth-order valence-corrected chi connectivity index (χ4v) is 3.17. The molecule has 1 fully saturated rings. The van der Waals surface area contributed by atoms with Crippen LogP contribution in [0, 0.1) is 13.8 Å². The number of rotatable bonds is 5. The number of nitrogens with zero attached hydrogens (tertiary/aromatic N) is 4. The van der Waals surface area contributed by atoms with Crippen LogP contribution in [0.2, 0.25) is 0 Å². The summed E-state index contributed by atoms with van der Waals surface area (Å²) in [4.78, 5) is 16.2. The van der Waals surface area contributed by atoms with Gasteiger partial charge in [0.25, 0.3) is 0 Å². The quantitative estimate of drug-likeness (QED) is 0.741. The van der Waals surface area contributed by atoms with Gasteiger partial charge in [-0.25, -0.2) is 8.42 Å². The van der Waals surface area contributed by atoms with Crippen molar-refractivity contribution in [2.24, 2.45) is 0 Å². The molecule has 0 atom stereocenters. The van der Waals surface area contributed by atoms with Crippen LogP contribution in [-0.4, -0.2) is 78.6 Å². The lowest BCUT2D eigenvalue weighted by Gasteiger charge is -2.34. The van der Waals surface area contributed by atoms with E-state index in [-0.39, 0.29) is 18.2 Å². The van der Waals surface area contributed by atoms with Crippen LogP contribution in [0.5, 0.6) is 0 Å². The molecule has 1 aliphatic heterocycles. The highest BCUT2D eigenvalue weighted by atomic mass is 32.2. The summed E-state index contributed by atoms with van der Waals surface area (Å²) >= 11 is 0. The summed E-state index contributed by atoms with van der Waals surface area (Å²) in [7, 11) is -2.93. The molecule has 1 amide bonds. The molecule has 0 N–H and O–H groups in total. The van der Waals surface area contributed by atoms with Crippen molar-refractivity contribution in [2.75, 3.05) is 44.7 Å². The fourth-order valence-electron chi connectivity index (χ4n) is 2.58. The van der Waals surface area contributed by atoms with Gasteiger partial charge in [0.15, 0.2) is 0 Å². The molecule has 22 heavy (non-hydrogen) atoms. The smallest absolute Gasteiger partial charge is 0.244 e. The van der Waals surface area contributed by atoms with Gasteiger partial charge in [-0.2, -0.15) is 5.10 Å². The lowest BCUT2D eigenvalue weighted by Crippen LogP contribution is -2.50. The largest absolute Gasteiger partial charge is 0.339 e. The molecule has 0 unspecified atom stereocenters. The van der Waals surface area contributed by atoms with E-state index in [2.05, 4.69) is 10.00 Å². The summed E-state index contributed by atoms with van der Waals surface area (Å²) in [6.45, 7) is 7.38. The average Bonchev–Trinajstić information content (AvgIpc) is 2.74. The van der Waals surface area contributed by atoms with Gasteiger partial charge in [-0.3, -0.25) is 14.4 Å². The number of sulfone groups is 1. The summed E-state index contributed by atoms with van der Waals surface area (Å²) in [5, 5.41) is 4.31. The van der Waals surface area contributed by atoms with E-state index in [9.17, 15) is 13.2 Å². The number of hydrogen-bond donors (Lipinski definition) is 0.